The third kappa shape index (κ3) is 2.02. The quantitative estimate of drug-likeness (QED) is 0.895. The third-order valence-electron chi connectivity index (χ3n) is 2.62. The first-order chi connectivity index (χ1) is 8.04. The molecule has 0 fully saturated rings. The molecule has 1 heterocycles. The summed E-state index contributed by atoms with van der Waals surface area (Å²) in [7, 11) is 1.66. The molecule has 17 heavy (non-hydrogen) atoms. The minimum atomic E-state index is 0.446. The molecule has 0 atom stereocenters. The van der Waals surface area contributed by atoms with Crippen LogP contribution in [0.5, 0.6) is 5.75 Å². The molecule has 2 rings (SSSR count). The van der Waals surface area contributed by atoms with Crippen molar-refractivity contribution in [2.24, 2.45) is 0 Å². The summed E-state index contributed by atoms with van der Waals surface area (Å²) in [6.07, 6.45) is 0. The van der Waals surface area contributed by atoms with E-state index in [4.69, 9.17) is 10.5 Å². The maximum atomic E-state index is 5.72. The maximum absolute atomic E-state index is 5.72. The van der Waals surface area contributed by atoms with E-state index in [1.54, 1.807) is 7.11 Å². The summed E-state index contributed by atoms with van der Waals surface area (Å²) in [5.74, 6) is 1.28. The molecule has 0 spiro atoms. The molecular weight excluding hydrogens is 282 g/mol. The molecular formula is C12H14BrN3O. The van der Waals surface area contributed by atoms with Crippen LogP contribution in [-0.2, 0) is 0 Å². The molecule has 90 valence electrons. The lowest BCUT2D eigenvalue weighted by molar-refractivity contribution is 0.413. The lowest BCUT2D eigenvalue weighted by atomic mass is 10.0. The number of aromatic amines is 1. The van der Waals surface area contributed by atoms with E-state index < -0.39 is 0 Å². The van der Waals surface area contributed by atoms with Crippen LogP contribution >= 0.6 is 15.9 Å². The standard InChI is InChI=1S/C12H14BrN3O/c1-6-4-7(2)11(17-3)8(5-6)10-9(13)12(14)16-15-10/h4-5H,1-3H3,(H3,14,15,16). The van der Waals surface area contributed by atoms with Gasteiger partial charge in [0.1, 0.15) is 5.75 Å². The van der Waals surface area contributed by atoms with Crippen LogP contribution in [0.2, 0.25) is 0 Å². The summed E-state index contributed by atoms with van der Waals surface area (Å²) in [5.41, 5.74) is 9.76. The van der Waals surface area contributed by atoms with Gasteiger partial charge in [-0.25, -0.2) is 0 Å². The van der Waals surface area contributed by atoms with Crippen LogP contribution in [0.15, 0.2) is 16.6 Å². The topological polar surface area (TPSA) is 63.9 Å². The highest BCUT2D eigenvalue weighted by Gasteiger charge is 2.16. The number of ether oxygens (including phenoxy) is 1. The van der Waals surface area contributed by atoms with E-state index in [-0.39, 0.29) is 0 Å². The number of rotatable bonds is 2. The van der Waals surface area contributed by atoms with Crippen molar-refractivity contribution in [1.82, 2.24) is 10.2 Å². The van der Waals surface area contributed by atoms with Crippen LogP contribution < -0.4 is 10.5 Å². The predicted octanol–water partition coefficient (Wildman–Crippen LogP) is 3.05. The Morgan fingerprint density at radius 1 is 1.35 bits per heavy atom. The number of nitrogens with one attached hydrogen (secondary N) is 1. The zero-order valence-electron chi connectivity index (χ0n) is 9.97. The van der Waals surface area contributed by atoms with Gasteiger partial charge in [-0.3, -0.25) is 5.10 Å². The smallest absolute Gasteiger partial charge is 0.160 e. The highest BCUT2D eigenvalue weighted by Crippen LogP contribution is 2.38. The van der Waals surface area contributed by atoms with E-state index in [1.807, 2.05) is 19.9 Å². The average molecular weight is 296 g/mol. The maximum Gasteiger partial charge on any atom is 0.160 e. The number of nitrogens with two attached hydrogens (primary N) is 1. The number of nitrogen functional groups attached to an aromatic ring is 1. The van der Waals surface area contributed by atoms with Crippen molar-refractivity contribution >= 4 is 21.7 Å². The molecule has 0 saturated carbocycles. The highest BCUT2D eigenvalue weighted by molar-refractivity contribution is 9.10. The van der Waals surface area contributed by atoms with E-state index in [0.717, 1.165) is 27.0 Å². The van der Waals surface area contributed by atoms with E-state index in [1.165, 1.54) is 5.56 Å². The molecule has 0 aliphatic heterocycles. The molecule has 0 saturated heterocycles. The number of aromatic nitrogens is 2. The Morgan fingerprint density at radius 3 is 2.59 bits per heavy atom. The van der Waals surface area contributed by atoms with E-state index >= 15 is 0 Å². The molecule has 0 aliphatic rings. The van der Waals surface area contributed by atoms with Crippen LogP contribution in [0.4, 0.5) is 5.82 Å². The minimum absolute atomic E-state index is 0.446. The van der Waals surface area contributed by atoms with Crippen molar-refractivity contribution in [3.05, 3.63) is 27.7 Å². The number of aryl methyl sites for hydroxylation is 2. The minimum Gasteiger partial charge on any atom is -0.496 e. The molecule has 0 amide bonds. The van der Waals surface area contributed by atoms with E-state index in [0.29, 0.717) is 5.82 Å². The first-order valence-electron chi connectivity index (χ1n) is 5.19. The molecule has 0 bridgehead atoms. The van der Waals surface area contributed by atoms with Gasteiger partial charge in [0.25, 0.3) is 0 Å². The van der Waals surface area contributed by atoms with Gasteiger partial charge in [-0.2, -0.15) is 5.10 Å². The van der Waals surface area contributed by atoms with Gasteiger partial charge in [0.15, 0.2) is 5.82 Å². The molecule has 3 N–H and O–H groups in total. The first kappa shape index (κ1) is 12.0. The van der Waals surface area contributed by atoms with Crippen molar-refractivity contribution in [3.63, 3.8) is 0 Å². The Balaban J connectivity index is 2.70. The lowest BCUT2D eigenvalue weighted by Gasteiger charge is -2.11. The largest absolute Gasteiger partial charge is 0.496 e. The Bertz CT molecular complexity index is 563. The van der Waals surface area contributed by atoms with Gasteiger partial charge in [-0.05, 0) is 47.0 Å². The summed E-state index contributed by atoms with van der Waals surface area (Å²) in [4.78, 5) is 0. The second-order valence-electron chi connectivity index (χ2n) is 3.96. The fourth-order valence-electron chi connectivity index (χ4n) is 1.93. The SMILES string of the molecule is COc1c(C)cc(C)cc1-c1[nH]nc(N)c1Br. The summed E-state index contributed by atoms with van der Waals surface area (Å²) < 4.78 is 6.20. The highest BCUT2D eigenvalue weighted by atomic mass is 79.9. The van der Waals surface area contributed by atoms with Crippen LogP contribution in [-0.4, -0.2) is 17.3 Å². The van der Waals surface area contributed by atoms with Gasteiger partial charge < -0.3 is 10.5 Å². The molecule has 0 unspecified atom stereocenters. The molecule has 1 aromatic carbocycles. The monoisotopic (exact) mass is 295 g/mol. The van der Waals surface area contributed by atoms with Crippen LogP contribution in [0.1, 0.15) is 11.1 Å². The number of halogens is 1. The number of benzene rings is 1. The number of hydrogen-bond acceptors (Lipinski definition) is 3. The second-order valence-corrected chi connectivity index (χ2v) is 4.75. The van der Waals surface area contributed by atoms with Gasteiger partial charge in [-0.15, -0.1) is 0 Å². The van der Waals surface area contributed by atoms with Gasteiger partial charge in [0.2, 0.25) is 0 Å². The number of nitrogens with zero attached hydrogens (tertiary/aromatic N) is 1. The zero-order valence-corrected chi connectivity index (χ0v) is 11.6. The molecule has 0 aliphatic carbocycles. The summed E-state index contributed by atoms with van der Waals surface area (Å²) in [6, 6.07) is 4.12. The fraction of sp³-hybridized carbons (Fsp3) is 0.250. The zero-order chi connectivity index (χ0) is 12.6. The predicted molar refractivity (Wildman–Crippen MR) is 72.2 cm³/mol. The number of hydrogen-bond donors (Lipinski definition) is 2. The lowest BCUT2D eigenvalue weighted by Crippen LogP contribution is -1.93. The van der Waals surface area contributed by atoms with Crippen molar-refractivity contribution in [2.75, 3.05) is 12.8 Å². The Morgan fingerprint density at radius 2 is 2.06 bits per heavy atom. The van der Waals surface area contributed by atoms with Gasteiger partial charge >= 0.3 is 0 Å². The number of anilines is 1. The normalized spacial score (nSPS) is 10.6. The Kier molecular flexibility index (Phi) is 3.11. The second kappa shape index (κ2) is 4.41. The average Bonchev–Trinajstić information content (AvgIpc) is 2.59. The molecule has 4 nitrogen and oxygen atoms in total. The van der Waals surface area contributed by atoms with Crippen LogP contribution in [0.3, 0.4) is 0 Å². The van der Waals surface area contributed by atoms with Crippen molar-refractivity contribution in [2.45, 2.75) is 13.8 Å². The Labute approximate surface area is 108 Å². The molecule has 1 aromatic heterocycles. The Hall–Kier alpha value is -1.49. The molecule has 2 aromatic rings. The number of methoxy groups -OCH3 is 1. The van der Waals surface area contributed by atoms with E-state index in [2.05, 4.69) is 32.2 Å². The molecule has 5 heteroatoms. The fourth-order valence-corrected chi connectivity index (χ4v) is 2.32. The summed E-state index contributed by atoms with van der Waals surface area (Å²) in [5, 5.41) is 6.89. The first-order valence-corrected chi connectivity index (χ1v) is 5.98. The van der Waals surface area contributed by atoms with Crippen molar-refractivity contribution in [3.8, 4) is 17.0 Å². The number of H-pyrrole nitrogens is 1. The van der Waals surface area contributed by atoms with Crippen molar-refractivity contribution in [1.29, 1.82) is 0 Å². The summed E-state index contributed by atoms with van der Waals surface area (Å²) >= 11 is 3.43. The van der Waals surface area contributed by atoms with Crippen LogP contribution in [0.25, 0.3) is 11.3 Å². The third-order valence-corrected chi connectivity index (χ3v) is 3.43. The summed E-state index contributed by atoms with van der Waals surface area (Å²) in [6.45, 7) is 4.06. The van der Waals surface area contributed by atoms with Crippen molar-refractivity contribution < 1.29 is 4.74 Å². The van der Waals surface area contributed by atoms with Crippen LogP contribution in [0, 0.1) is 13.8 Å². The van der Waals surface area contributed by atoms with Gasteiger partial charge in [0.05, 0.1) is 17.3 Å². The molecule has 0 radical (unpaired) electrons. The van der Waals surface area contributed by atoms with Gasteiger partial charge in [0, 0.05) is 5.56 Å². The van der Waals surface area contributed by atoms with Gasteiger partial charge in [-0.1, -0.05) is 6.07 Å². The van der Waals surface area contributed by atoms with E-state index in [9.17, 15) is 0 Å².